The van der Waals surface area contributed by atoms with E-state index in [1.54, 1.807) is 24.3 Å². The molecule has 0 saturated carbocycles. The van der Waals surface area contributed by atoms with Crippen molar-refractivity contribution in [2.45, 2.75) is 33.1 Å². The lowest BCUT2D eigenvalue weighted by molar-refractivity contribution is -0.156. The Hall–Kier alpha value is -2.37. The van der Waals surface area contributed by atoms with Gasteiger partial charge < -0.3 is 9.94 Å². The fourth-order valence-electron chi connectivity index (χ4n) is 1.85. The van der Waals surface area contributed by atoms with Gasteiger partial charge in [0.2, 0.25) is 0 Å². The average Bonchev–Trinajstić information content (AvgIpc) is 2.43. The van der Waals surface area contributed by atoms with Crippen molar-refractivity contribution in [2.75, 3.05) is 0 Å². The number of carbonyl (C=O) groups excluding carboxylic acids is 2. The third-order valence-corrected chi connectivity index (χ3v) is 2.96. The summed E-state index contributed by atoms with van der Waals surface area (Å²) < 4.78 is 0. The van der Waals surface area contributed by atoms with Crippen LogP contribution < -0.4 is 5.48 Å². The van der Waals surface area contributed by atoms with Gasteiger partial charge in [-0.25, -0.2) is 4.79 Å². The van der Waals surface area contributed by atoms with E-state index < -0.39 is 11.9 Å². The number of hydroxylamine groups is 1. The third-order valence-electron chi connectivity index (χ3n) is 2.96. The number of hydrogen-bond donors (Lipinski definition) is 2. The summed E-state index contributed by atoms with van der Waals surface area (Å²) in [5.74, 6) is -1.59. The number of carboxylic acid groups (broad SMARTS) is 1. The van der Waals surface area contributed by atoms with E-state index in [0.29, 0.717) is 6.42 Å². The van der Waals surface area contributed by atoms with Crippen molar-refractivity contribution >= 4 is 17.8 Å². The van der Waals surface area contributed by atoms with Crippen LogP contribution in [0.25, 0.3) is 0 Å². The Balaban J connectivity index is 2.36. The van der Waals surface area contributed by atoms with E-state index in [9.17, 15) is 14.4 Å². The molecule has 0 heterocycles. The highest BCUT2D eigenvalue weighted by Crippen LogP contribution is 2.14. The minimum Gasteiger partial charge on any atom is -0.478 e. The van der Waals surface area contributed by atoms with Crippen LogP contribution in [-0.4, -0.2) is 23.0 Å². The summed E-state index contributed by atoms with van der Waals surface area (Å²) in [5, 5.41) is 8.81. The first-order valence-electron chi connectivity index (χ1n) is 6.67. The normalized spacial score (nSPS) is 11.5. The number of nitrogens with one attached hydrogen (secondary N) is 1. The van der Waals surface area contributed by atoms with Gasteiger partial charge in [-0.15, -0.1) is 0 Å². The molecule has 1 aromatic rings. The molecule has 0 spiro atoms. The molecule has 114 valence electrons. The van der Waals surface area contributed by atoms with E-state index in [2.05, 4.69) is 10.3 Å². The molecular weight excluding hydrogens is 274 g/mol. The second-order valence-electron chi connectivity index (χ2n) is 4.97. The topological polar surface area (TPSA) is 92.7 Å². The molecule has 1 rings (SSSR count). The maximum absolute atomic E-state index is 11.4. The first-order valence-corrected chi connectivity index (χ1v) is 6.67. The zero-order valence-corrected chi connectivity index (χ0v) is 12.1. The van der Waals surface area contributed by atoms with Crippen LogP contribution in [0.3, 0.4) is 0 Å². The minimum absolute atomic E-state index is 0.253. The number of carboxylic acids is 1. The van der Waals surface area contributed by atoms with E-state index in [0.717, 1.165) is 12.0 Å². The van der Waals surface area contributed by atoms with Crippen LogP contribution >= 0.6 is 0 Å². The van der Waals surface area contributed by atoms with Crippen LogP contribution in [0.2, 0.25) is 0 Å². The Bertz CT molecular complexity index is 509. The van der Waals surface area contributed by atoms with Gasteiger partial charge in [0.1, 0.15) is 0 Å². The number of hydrogen-bond acceptors (Lipinski definition) is 4. The van der Waals surface area contributed by atoms with Gasteiger partial charge in [0.15, 0.2) is 0 Å². The summed E-state index contributed by atoms with van der Waals surface area (Å²) in [6.07, 6.45) is 1.66. The molecule has 0 saturated heterocycles. The molecule has 1 unspecified atom stereocenters. The van der Waals surface area contributed by atoms with Crippen molar-refractivity contribution in [2.24, 2.45) is 5.92 Å². The summed E-state index contributed by atoms with van der Waals surface area (Å²) in [4.78, 5) is 37.0. The van der Waals surface area contributed by atoms with Crippen molar-refractivity contribution in [1.29, 1.82) is 0 Å². The summed E-state index contributed by atoms with van der Waals surface area (Å²) in [7, 11) is 0. The highest BCUT2D eigenvalue weighted by molar-refractivity contribution is 5.87. The lowest BCUT2D eigenvalue weighted by atomic mass is 9.96. The molecule has 0 aliphatic heterocycles. The molecule has 0 aromatic heterocycles. The van der Waals surface area contributed by atoms with E-state index in [1.807, 2.05) is 6.92 Å². The smallest absolute Gasteiger partial charge is 0.335 e. The Morgan fingerprint density at radius 1 is 1.24 bits per heavy atom. The lowest BCUT2D eigenvalue weighted by Gasteiger charge is -2.11. The van der Waals surface area contributed by atoms with Crippen LogP contribution in [0.4, 0.5) is 0 Å². The van der Waals surface area contributed by atoms with Crippen LogP contribution in [0.5, 0.6) is 0 Å². The van der Waals surface area contributed by atoms with Crippen molar-refractivity contribution in [1.82, 2.24) is 5.48 Å². The van der Waals surface area contributed by atoms with E-state index in [-0.39, 0.29) is 23.8 Å². The molecule has 21 heavy (non-hydrogen) atoms. The quantitative estimate of drug-likeness (QED) is 0.782. The summed E-state index contributed by atoms with van der Waals surface area (Å²) >= 11 is 0. The highest BCUT2D eigenvalue weighted by Gasteiger charge is 2.09. The second-order valence-corrected chi connectivity index (χ2v) is 4.97. The van der Waals surface area contributed by atoms with Crippen molar-refractivity contribution in [3.8, 4) is 0 Å². The maximum Gasteiger partial charge on any atom is 0.335 e. The molecule has 1 amide bonds. The fraction of sp³-hybridized carbons (Fsp3) is 0.400. The Morgan fingerprint density at radius 3 is 2.38 bits per heavy atom. The Morgan fingerprint density at radius 2 is 1.86 bits per heavy atom. The Labute approximate surface area is 123 Å². The predicted octanol–water partition coefficient (Wildman–Crippen LogP) is 1.94. The van der Waals surface area contributed by atoms with Gasteiger partial charge in [-0.3, -0.25) is 9.59 Å². The predicted molar refractivity (Wildman–Crippen MR) is 75.4 cm³/mol. The van der Waals surface area contributed by atoms with Crippen LogP contribution in [0, 0.1) is 5.92 Å². The van der Waals surface area contributed by atoms with Crippen LogP contribution in [0.1, 0.15) is 42.6 Å². The Kier molecular flexibility index (Phi) is 6.39. The number of benzene rings is 1. The van der Waals surface area contributed by atoms with Gasteiger partial charge in [-0.2, -0.15) is 5.48 Å². The van der Waals surface area contributed by atoms with Crippen molar-refractivity contribution in [3.63, 3.8) is 0 Å². The number of amides is 1. The molecule has 1 aromatic carbocycles. The number of rotatable bonds is 6. The molecule has 2 N–H and O–H groups in total. The minimum atomic E-state index is -0.947. The van der Waals surface area contributed by atoms with Gasteiger partial charge >= 0.3 is 11.9 Å². The van der Waals surface area contributed by atoms with E-state index >= 15 is 0 Å². The fourth-order valence-corrected chi connectivity index (χ4v) is 1.85. The average molecular weight is 293 g/mol. The van der Waals surface area contributed by atoms with Gasteiger partial charge in [0.05, 0.1) is 5.56 Å². The van der Waals surface area contributed by atoms with E-state index in [1.165, 1.54) is 6.92 Å². The molecule has 0 radical (unpaired) electrons. The maximum atomic E-state index is 11.4. The molecule has 0 bridgehead atoms. The summed E-state index contributed by atoms with van der Waals surface area (Å²) in [5.41, 5.74) is 3.35. The zero-order valence-electron chi connectivity index (χ0n) is 12.1. The highest BCUT2D eigenvalue weighted by atomic mass is 16.7. The first-order chi connectivity index (χ1) is 9.88. The van der Waals surface area contributed by atoms with Gasteiger partial charge in [-0.05, 0) is 36.5 Å². The molecular formula is C15H19NO5. The summed E-state index contributed by atoms with van der Waals surface area (Å²) in [6.45, 7) is 3.22. The number of aromatic carboxylic acids is 1. The monoisotopic (exact) mass is 293 g/mol. The van der Waals surface area contributed by atoms with Crippen molar-refractivity contribution < 1.29 is 24.3 Å². The van der Waals surface area contributed by atoms with Gasteiger partial charge in [-0.1, -0.05) is 19.1 Å². The lowest BCUT2D eigenvalue weighted by Crippen LogP contribution is -2.26. The summed E-state index contributed by atoms with van der Waals surface area (Å²) in [6, 6.07) is 6.69. The van der Waals surface area contributed by atoms with Crippen LogP contribution in [0.15, 0.2) is 24.3 Å². The SMILES string of the molecule is CC(=O)ONC(=O)CCC(C)Cc1ccc(C(=O)O)cc1. The molecule has 6 nitrogen and oxygen atoms in total. The zero-order chi connectivity index (χ0) is 15.8. The molecule has 0 fully saturated rings. The van der Waals surface area contributed by atoms with Crippen LogP contribution in [-0.2, 0) is 20.8 Å². The molecule has 0 aliphatic rings. The molecule has 0 aliphatic carbocycles. The van der Waals surface area contributed by atoms with E-state index in [4.69, 9.17) is 5.11 Å². The first kappa shape index (κ1) is 16.7. The molecule has 1 atom stereocenters. The number of carbonyl (C=O) groups is 3. The largest absolute Gasteiger partial charge is 0.478 e. The standard InChI is InChI=1S/C15H19NO5/c1-10(3-8-14(18)16-21-11(2)17)9-12-4-6-13(7-5-12)15(19)20/h4-7,10H,3,8-9H2,1-2H3,(H,16,18)(H,19,20). The third kappa shape index (κ3) is 6.56. The van der Waals surface area contributed by atoms with Gasteiger partial charge in [0, 0.05) is 13.3 Å². The molecule has 6 heteroatoms. The van der Waals surface area contributed by atoms with Gasteiger partial charge in [0.25, 0.3) is 5.91 Å². The second kappa shape index (κ2) is 8.04. The van der Waals surface area contributed by atoms with Crippen molar-refractivity contribution in [3.05, 3.63) is 35.4 Å².